The Kier molecular flexibility index (Phi) is 2.87. The molecule has 102 valence electrons. The molecule has 0 aromatic heterocycles. The summed E-state index contributed by atoms with van der Waals surface area (Å²) in [5, 5.41) is 3.56. The van der Waals surface area contributed by atoms with Crippen molar-refractivity contribution < 1.29 is 0 Å². The molecular formula is C18H20N2. The molecule has 0 amide bonds. The summed E-state index contributed by atoms with van der Waals surface area (Å²) in [4.78, 5) is 2.54. The number of rotatable bonds is 2. The molecule has 0 unspecified atom stereocenters. The van der Waals surface area contributed by atoms with E-state index in [9.17, 15) is 0 Å². The molecule has 2 aromatic rings. The summed E-state index contributed by atoms with van der Waals surface area (Å²) in [5.74, 6) is 0. The standard InChI is InChI=1S/C18H20N2/c1-2-9-17-14(5-1)8-4-12-20(17)13-16-7-3-6-15-10-11-19-18(15)16/h1-3,5-7,9,19H,4,8,10-13H2. The van der Waals surface area contributed by atoms with Crippen LogP contribution < -0.4 is 10.2 Å². The highest BCUT2D eigenvalue weighted by atomic mass is 15.1. The summed E-state index contributed by atoms with van der Waals surface area (Å²) in [6.07, 6.45) is 3.65. The van der Waals surface area contributed by atoms with Crippen molar-refractivity contribution in [2.24, 2.45) is 0 Å². The number of para-hydroxylation sites is 2. The minimum atomic E-state index is 1.02. The van der Waals surface area contributed by atoms with Gasteiger partial charge in [0.2, 0.25) is 0 Å². The van der Waals surface area contributed by atoms with E-state index in [0.717, 1.165) is 13.1 Å². The van der Waals surface area contributed by atoms with Crippen LogP contribution in [0.5, 0.6) is 0 Å². The van der Waals surface area contributed by atoms with E-state index in [1.54, 1.807) is 0 Å². The second-order valence-electron chi connectivity index (χ2n) is 5.78. The normalized spacial score (nSPS) is 16.5. The predicted molar refractivity (Wildman–Crippen MR) is 84.4 cm³/mol. The van der Waals surface area contributed by atoms with Gasteiger partial charge in [0.1, 0.15) is 0 Å². The first-order chi connectivity index (χ1) is 9.92. The number of aryl methyl sites for hydroxylation is 1. The molecule has 2 heteroatoms. The summed E-state index contributed by atoms with van der Waals surface area (Å²) in [6, 6.07) is 15.6. The van der Waals surface area contributed by atoms with Crippen molar-refractivity contribution in [1.29, 1.82) is 0 Å². The molecule has 0 saturated heterocycles. The predicted octanol–water partition coefficient (Wildman–Crippen LogP) is 3.61. The Balaban J connectivity index is 1.66. The fourth-order valence-corrected chi connectivity index (χ4v) is 3.52. The van der Waals surface area contributed by atoms with Crippen molar-refractivity contribution in [3.63, 3.8) is 0 Å². The Hall–Kier alpha value is -1.96. The molecule has 2 aliphatic heterocycles. The molecule has 4 rings (SSSR count). The first kappa shape index (κ1) is 11.8. The van der Waals surface area contributed by atoms with Gasteiger partial charge in [0.25, 0.3) is 0 Å². The highest BCUT2D eigenvalue weighted by Gasteiger charge is 2.19. The van der Waals surface area contributed by atoms with Gasteiger partial charge in [0, 0.05) is 31.0 Å². The Morgan fingerprint density at radius 1 is 0.950 bits per heavy atom. The molecule has 0 radical (unpaired) electrons. The number of nitrogens with one attached hydrogen (secondary N) is 1. The van der Waals surface area contributed by atoms with Crippen LogP contribution in [0.1, 0.15) is 23.1 Å². The maximum atomic E-state index is 3.56. The summed E-state index contributed by atoms with van der Waals surface area (Å²) >= 11 is 0. The molecule has 0 fully saturated rings. The SMILES string of the molecule is c1ccc2c(c1)CCCN2Cc1cccc2c1NCC2. The highest BCUT2D eigenvalue weighted by molar-refractivity contribution is 5.63. The van der Waals surface area contributed by atoms with Gasteiger partial charge in [-0.05, 0) is 42.0 Å². The van der Waals surface area contributed by atoms with Crippen LogP contribution in [0, 0.1) is 0 Å². The zero-order chi connectivity index (χ0) is 13.4. The van der Waals surface area contributed by atoms with E-state index < -0.39 is 0 Å². The fourth-order valence-electron chi connectivity index (χ4n) is 3.52. The summed E-state index contributed by atoms with van der Waals surface area (Å²) < 4.78 is 0. The molecule has 20 heavy (non-hydrogen) atoms. The van der Waals surface area contributed by atoms with E-state index >= 15 is 0 Å². The van der Waals surface area contributed by atoms with Crippen LogP contribution in [-0.2, 0) is 19.4 Å². The third-order valence-corrected chi connectivity index (χ3v) is 4.50. The lowest BCUT2D eigenvalue weighted by atomic mass is 10.0. The van der Waals surface area contributed by atoms with Gasteiger partial charge in [-0.15, -0.1) is 0 Å². The van der Waals surface area contributed by atoms with Crippen molar-refractivity contribution in [3.05, 3.63) is 59.2 Å². The number of fused-ring (bicyclic) bond motifs is 2. The van der Waals surface area contributed by atoms with Crippen molar-refractivity contribution in [2.75, 3.05) is 23.3 Å². The summed E-state index contributed by atoms with van der Waals surface area (Å²) in [6.45, 7) is 3.27. The van der Waals surface area contributed by atoms with Gasteiger partial charge in [-0.1, -0.05) is 36.4 Å². The molecule has 2 aromatic carbocycles. The number of benzene rings is 2. The van der Waals surface area contributed by atoms with Crippen molar-refractivity contribution in [2.45, 2.75) is 25.8 Å². The van der Waals surface area contributed by atoms with Crippen LogP contribution in [0.4, 0.5) is 11.4 Å². The van der Waals surface area contributed by atoms with Crippen LogP contribution in [0.3, 0.4) is 0 Å². The van der Waals surface area contributed by atoms with Crippen LogP contribution >= 0.6 is 0 Å². The van der Waals surface area contributed by atoms with Gasteiger partial charge in [0.05, 0.1) is 0 Å². The van der Waals surface area contributed by atoms with Gasteiger partial charge in [-0.2, -0.15) is 0 Å². The largest absolute Gasteiger partial charge is 0.384 e. The summed E-state index contributed by atoms with van der Waals surface area (Å²) in [7, 11) is 0. The topological polar surface area (TPSA) is 15.3 Å². The molecule has 2 heterocycles. The number of nitrogens with zero attached hydrogens (tertiary/aromatic N) is 1. The first-order valence-electron chi connectivity index (χ1n) is 7.59. The van der Waals surface area contributed by atoms with Crippen molar-refractivity contribution in [3.8, 4) is 0 Å². The van der Waals surface area contributed by atoms with Crippen molar-refractivity contribution >= 4 is 11.4 Å². The van der Waals surface area contributed by atoms with Crippen LogP contribution in [-0.4, -0.2) is 13.1 Å². The average molecular weight is 264 g/mol. The molecule has 2 nitrogen and oxygen atoms in total. The van der Waals surface area contributed by atoms with Crippen LogP contribution in [0.25, 0.3) is 0 Å². The minimum Gasteiger partial charge on any atom is -0.384 e. The average Bonchev–Trinajstić information content (AvgIpc) is 2.97. The zero-order valence-electron chi connectivity index (χ0n) is 11.7. The Bertz CT molecular complexity index is 633. The van der Waals surface area contributed by atoms with E-state index in [1.165, 1.54) is 53.9 Å². The second-order valence-corrected chi connectivity index (χ2v) is 5.78. The fraction of sp³-hybridized carbons (Fsp3) is 0.333. The van der Waals surface area contributed by atoms with E-state index in [4.69, 9.17) is 0 Å². The molecule has 0 aliphatic carbocycles. The minimum absolute atomic E-state index is 1.02. The lowest BCUT2D eigenvalue weighted by Crippen LogP contribution is -2.29. The molecule has 0 spiro atoms. The summed E-state index contributed by atoms with van der Waals surface area (Å²) in [5.41, 5.74) is 7.23. The molecule has 0 bridgehead atoms. The van der Waals surface area contributed by atoms with E-state index in [2.05, 4.69) is 52.7 Å². The van der Waals surface area contributed by atoms with Gasteiger partial charge < -0.3 is 10.2 Å². The van der Waals surface area contributed by atoms with Gasteiger partial charge in [-0.25, -0.2) is 0 Å². The molecule has 1 N–H and O–H groups in total. The molecular weight excluding hydrogens is 244 g/mol. The number of hydrogen-bond acceptors (Lipinski definition) is 2. The second kappa shape index (κ2) is 4.86. The van der Waals surface area contributed by atoms with E-state index in [1.807, 2.05) is 0 Å². The van der Waals surface area contributed by atoms with Gasteiger partial charge in [-0.3, -0.25) is 0 Å². The van der Waals surface area contributed by atoms with E-state index in [-0.39, 0.29) is 0 Å². The van der Waals surface area contributed by atoms with E-state index in [0.29, 0.717) is 0 Å². The van der Waals surface area contributed by atoms with Gasteiger partial charge in [0.15, 0.2) is 0 Å². The van der Waals surface area contributed by atoms with Crippen LogP contribution in [0.15, 0.2) is 42.5 Å². The third kappa shape index (κ3) is 1.96. The smallest absolute Gasteiger partial charge is 0.0450 e. The number of anilines is 2. The lowest BCUT2D eigenvalue weighted by molar-refractivity contribution is 0.692. The zero-order valence-corrected chi connectivity index (χ0v) is 11.7. The molecule has 0 saturated carbocycles. The Labute approximate surface area is 120 Å². The van der Waals surface area contributed by atoms with Crippen molar-refractivity contribution in [1.82, 2.24) is 0 Å². The maximum Gasteiger partial charge on any atom is 0.0450 e. The first-order valence-corrected chi connectivity index (χ1v) is 7.59. The lowest BCUT2D eigenvalue weighted by Gasteiger charge is -2.32. The molecule has 2 aliphatic rings. The molecule has 0 atom stereocenters. The Morgan fingerprint density at radius 3 is 2.85 bits per heavy atom. The maximum absolute atomic E-state index is 3.56. The Morgan fingerprint density at radius 2 is 1.85 bits per heavy atom. The highest BCUT2D eigenvalue weighted by Crippen LogP contribution is 2.32. The van der Waals surface area contributed by atoms with Gasteiger partial charge >= 0.3 is 0 Å². The van der Waals surface area contributed by atoms with Crippen LogP contribution in [0.2, 0.25) is 0 Å². The third-order valence-electron chi connectivity index (χ3n) is 4.50. The monoisotopic (exact) mass is 264 g/mol. The number of hydrogen-bond donors (Lipinski definition) is 1. The quantitative estimate of drug-likeness (QED) is 0.891.